The lowest BCUT2D eigenvalue weighted by molar-refractivity contribution is 0.289. The van der Waals surface area contributed by atoms with Gasteiger partial charge in [-0.1, -0.05) is 20.8 Å². The maximum Gasteiger partial charge on any atom is 0.191 e. The normalized spacial score (nSPS) is 13.1. The van der Waals surface area contributed by atoms with Gasteiger partial charge in [-0.05, 0) is 50.0 Å². The van der Waals surface area contributed by atoms with Gasteiger partial charge in [-0.2, -0.15) is 5.10 Å². The van der Waals surface area contributed by atoms with Gasteiger partial charge in [-0.3, -0.25) is 0 Å². The van der Waals surface area contributed by atoms with Crippen LogP contribution in [0.2, 0.25) is 18.1 Å². The van der Waals surface area contributed by atoms with Gasteiger partial charge in [0.15, 0.2) is 24.4 Å². The van der Waals surface area contributed by atoms with Crippen LogP contribution in [0.25, 0.3) is 5.65 Å². The molecule has 21 heavy (non-hydrogen) atoms. The Hall–Kier alpha value is -0.313. The lowest BCUT2D eigenvalue weighted by atomic mass is 10.2. The van der Waals surface area contributed by atoms with Crippen LogP contribution in [0.5, 0.6) is 0 Å². The molecule has 0 saturated heterocycles. The first-order valence-electron chi connectivity index (χ1n) is 6.81. The molecule has 0 aliphatic carbocycles. The molecule has 0 unspecified atom stereocenters. The second kappa shape index (κ2) is 6.06. The second-order valence-corrected chi connectivity index (χ2v) is 12.9. The van der Waals surface area contributed by atoms with Crippen LogP contribution in [-0.2, 0) is 10.8 Å². The van der Waals surface area contributed by atoms with Gasteiger partial charge in [0, 0.05) is 13.0 Å². The van der Waals surface area contributed by atoms with Crippen LogP contribution in [0.1, 0.15) is 26.6 Å². The fourth-order valence-corrected chi connectivity index (χ4v) is 3.71. The van der Waals surface area contributed by atoms with Gasteiger partial charge >= 0.3 is 0 Å². The Morgan fingerprint density at radius 1 is 1.24 bits per heavy atom. The van der Waals surface area contributed by atoms with E-state index in [2.05, 4.69) is 80.8 Å². The van der Waals surface area contributed by atoms with Gasteiger partial charge in [0.1, 0.15) is 4.60 Å². The van der Waals surface area contributed by atoms with E-state index in [-0.39, 0.29) is 5.04 Å². The average molecular weight is 436 g/mol. The molecule has 2 heterocycles. The number of hydrogen-bond acceptors (Lipinski definition) is 4. The van der Waals surface area contributed by atoms with Crippen LogP contribution < -0.4 is 0 Å². The monoisotopic (exact) mass is 434 g/mol. The third-order valence-electron chi connectivity index (χ3n) is 3.89. The Morgan fingerprint density at radius 3 is 2.52 bits per heavy atom. The van der Waals surface area contributed by atoms with Crippen LogP contribution in [0.3, 0.4) is 0 Å². The summed E-state index contributed by atoms with van der Waals surface area (Å²) in [6.45, 7) is 11.9. The zero-order valence-corrected chi connectivity index (χ0v) is 17.1. The molecule has 0 aromatic carbocycles. The van der Waals surface area contributed by atoms with Crippen molar-refractivity contribution in [2.45, 2.75) is 45.3 Å². The molecule has 0 radical (unpaired) electrons. The van der Waals surface area contributed by atoms with E-state index >= 15 is 0 Å². The molecular formula is C13H20Br2N4OSi. The summed E-state index contributed by atoms with van der Waals surface area (Å²) in [6, 6.07) is 0. The van der Waals surface area contributed by atoms with Gasteiger partial charge in [-0.25, -0.2) is 14.5 Å². The summed E-state index contributed by atoms with van der Waals surface area (Å²) in [5.74, 6) is 0.773. The minimum absolute atomic E-state index is 0.219. The maximum atomic E-state index is 6.16. The maximum absolute atomic E-state index is 6.16. The molecule has 2 rings (SSSR count). The summed E-state index contributed by atoms with van der Waals surface area (Å²) in [5.41, 5.74) is 0.723. The largest absolute Gasteiger partial charge is 0.416 e. The first kappa shape index (κ1) is 17.0. The van der Waals surface area contributed by atoms with Crippen LogP contribution >= 0.6 is 31.9 Å². The smallest absolute Gasteiger partial charge is 0.191 e. The second-order valence-electron chi connectivity index (χ2n) is 6.51. The average Bonchev–Trinajstić information content (AvgIpc) is 2.70. The predicted molar refractivity (Wildman–Crippen MR) is 93.0 cm³/mol. The van der Waals surface area contributed by atoms with Gasteiger partial charge in [0.2, 0.25) is 0 Å². The molecule has 0 bridgehead atoms. The highest BCUT2D eigenvalue weighted by Gasteiger charge is 2.36. The van der Waals surface area contributed by atoms with Crippen molar-refractivity contribution >= 4 is 45.8 Å². The minimum Gasteiger partial charge on any atom is -0.416 e. The first-order chi connectivity index (χ1) is 9.60. The molecule has 0 aliphatic rings. The summed E-state index contributed by atoms with van der Waals surface area (Å²) in [6.07, 6.45) is 2.50. The molecular weight excluding hydrogens is 416 g/mol. The SMILES string of the molecule is CC(C)(C)[Si](C)(C)OCCc1nc2c(Br)nc(Br)cn2n1. The predicted octanol–water partition coefficient (Wildman–Crippen LogP) is 4.21. The van der Waals surface area contributed by atoms with Gasteiger partial charge in [-0.15, -0.1) is 0 Å². The van der Waals surface area contributed by atoms with Crippen LogP contribution in [0.4, 0.5) is 0 Å². The van der Waals surface area contributed by atoms with Crippen molar-refractivity contribution < 1.29 is 4.43 Å². The molecule has 0 aliphatic heterocycles. The van der Waals surface area contributed by atoms with E-state index in [1.54, 1.807) is 10.7 Å². The van der Waals surface area contributed by atoms with Gasteiger partial charge in [0.25, 0.3) is 0 Å². The van der Waals surface area contributed by atoms with E-state index in [1.807, 2.05) is 0 Å². The number of nitrogens with zero attached hydrogens (tertiary/aromatic N) is 4. The summed E-state index contributed by atoms with van der Waals surface area (Å²) >= 11 is 6.74. The summed E-state index contributed by atoms with van der Waals surface area (Å²) in [5, 5.41) is 4.68. The van der Waals surface area contributed by atoms with E-state index in [0.29, 0.717) is 17.6 Å². The highest BCUT2D eigenvalue weighted by atomic mass is 79.9. The molecule has 0 saturated carbocycles. The molecule has 0 atom stereocenters. The molecule has 5 nitrogen and oxygen atoms in total. The number of hydrogen-bond donors (Lipinski definition) is 0. The Morgan fingerprint density at radius 2 is 1.90 bits per heavy atom. The van der Waals surface area contributed by atoms with Crippen molar-refractivity contribution in [2.75, 3.05) is 6.61 Å². The van der Waals surface area contributed by atoms with Crippen molar-refractivity contribution in [1.82, 2.24) is 19.6 Å². The van der Waals surface area contributed by atoms with Crippen LogP contribution in [-0.4, -0.2) is 34.5 Å². The summed E-state index contributed by atoms with van der Waals surface area (Å²) in [7, 11) is -1.71. The third-order valence-corrected chi connectivity index (χ3v) is 9.34. The zero-order valence-electron chi connectivity index (χ0n) is 12.9. The Balaban J connectivity index is 2.06. The topological polar surface area (TPSA) is 52.3 Å². The summed E-state index contributed by atoms with van der Waals surface area (Å²) < 4.78 is 9.29. The fourth-order valence-electron chi connectivity index (χ4n) is 1.59. The van der Waals surface area contributed by atoms with Crippen molar-refractivity contribution in [1.29, 1.82) is 0 Å². The molecule has 116 valence electrons. The third kappa shape index (κ3) is 3.91. The van der Waals surface area contributed by atoms with E-state index in [9.17, 15) is 0 Å². The number of rotatable bonds is 4. The lowest BCUT2D eigenvalue weighted by Gasteiger charge is -2.36. The number of halogens is 2. The van der Waals surface area contributed by atoms with Crippen molar-refractivity contribution in [3.63, 3.8) is 0 Å². The Bertz CT molecular complexity index is 651. The van der Waals surface area contributed by atoms with Crippen LogP contribution in [0, 0.1) is 0 Å². The van der Waals surface area contributed by atoms with E-state index in [0.717, 1.165) is 16.1 Å². The first-order valence-corrected chi connectivity index (χ1v) is 11.3. The van der Waals surface area contributed by atoms with Crippen LogP contribution in [0.15, 0.2) is 15.4 Å². The van der Waals surface area contributed by atoms with E-state index < -0.39 is 8.32 Å². The number of fused-ring (bicyclic) bond motifs is 1. The highest BCUT2D eigenvalue weighted by Crippen LogP contribution is 2.36. The quantitative estimate of drug-likeness (QED) is 0.674. The fraction of sp³-hybridized carbons (Fsp3) is 0.615. The van der Waals surface area contributed by atoms with Crippen molar-refractivity contribution in [3.8, 4) is 0 Å². The zero-order chi connectivity index (χ0) is 15.8. The Labute approximate surface area is 142 Å². The number of aromatic nitrogens is 4. The van der Waals surface area contributed by atoms with Gasteiger partial charge < -0.3 is 4.43 Å². The van der Waals surface area contributed by atoms with Gasteiger partial charge in [0.05, 0.1) is 6.20 Å². The summed E-state index contributed by atoms with van der Waals surface area (Å²) in [4.78, 5) is 8.74. The molecule has 0 amide bonds. The molecule has 8 heteroatoms. The Kier molecular flexibility index (Phi) is 4.92. The molecule has 0 fully saturated rings. The highest BCUT2D eigenvalue weighted by molar-refractivity contribution is 9.11. The lowest BCUT2D eigenvalue weighted by Crippen LogP contribution is -2.41. The van der Waals surface area contributed by atoms with Crippen molar-refractivity contribution in [2.24, 2.45) is 0 Å². The molecule has 2 aromatic heterocycles. The standard InChI is InChI=1S/C13H20Br2N4OSi/c1-13(2,3)21(4,5)20-7-6-10-17-12-11(15)16-9(14)8-19(12)18-10/h8H,6-7H2,1-5H3. The van der Waals surface area contributed by atoms with E-state index in [1.165, 1.54) is 0 Å². The van der Waals surface area contributed by atoms with E-state index in [4.69, 9.17) is 4.43 Å². The molecule has 2 aromatic rings. The molecule has 0 N–H and O–H groups in total. The molecule has 0 spiro atoms. The minimum atomic E-state index is -1.71. The van der Waals surface area contributed by atoms with Crippen molar-refractivity contribution in [3.05, 3.63) is 21.2 Å².